The summed E-state index contributed by atoms with van der Waals surface area (Å²) < 4.78 is 26.6. The van der Waals surface area contributed by atoms with E-state index in [0.717, 1.165) is 4.88 Å². The summed E-state index contributed by atoms with van der Waals surface area (Å²) in [6.45, 7) is 4.13. The maximum absolute atomic E-state index is 12.7. The number of carbonyl (C=O) groups excluding carboxylic acids is 1. The first kappa shape index (κ1) is 20.1. The van der Waals surface area contributed by atoms with Crippen molar-refractivity contribution in [2.75, 3.05) is 18.4 Å². The molecule has 8 nitrogen and oxygen atoms in total. The topological polar surface area (TPSA) is 115 Å². The van der Waals surface area contributed by atoms with Crippen molar-refractivity contribution in [2.24, 2.45) is 0 Å². The summed E-state index contributed by atoms with van der Waals surface area (Å²) in [5.74, 6) is -0.799. The fourth-order valence-electron chi connectivity index (χ4n) is 2.67. The largest absolute Gasteiger partial charge is 0.506 e. The average Bonchev–Trinajstić information content (AvgIpc) is 3.35. The zero-order valence-electron chi connectivity index (χ0n) is 15.3. The van der Waals surface area contributed by atoms with Crippen molar-refractivity contribution in [1.82, 2.24) is 14.5 Å². The predicted octanol–water partition coefficient (Wildman–Crippen LogP) is 3.13. The lowest BCUT2D eigenvalue weighted by Crippen LogP contribution is -2.30. The van der Waals surface area contributed by atoms with E-state index in [4.69, 9.17) is 0 Å². The van der Waals surface area contributed by atoms with Crippen LogP contribution in [-0.4, -0.2) is 47.0 Å². The molecule has 1 amide bonds. The van der Waals surface area contributed by atoms with Gasteiger partial charge in [-0.25, -0.2) is 8.42 Å². The van der Waals surface area contributed by atoms with Gasteiger partial charge >= 0.3 is 0 Å². The normalized spacial score (nSPS) is 11.7. The molecule has 148 valence electrons. The summed E-state index contributed by atoms with van der Waals surface area (Å²) >= 11 is 1.50. The number of thiophene rings is 1. The van der Waals surface area contributed by atoms with Crippen molar-refractivity contribution < 1.29 is 18.3 Å². The molecule has 0 aliphatic rings. The van der Waals surface area contributed by atoms with Gasteiger partial charge in [-0.2, -0.15) is 9.40 Å². The van der Waals surface area contributed by atoms with Gasteiger partial charge in [0.25, 0.3) is 5.91 Å². The van der Waals surface area contributed by atoms with Crippen LogP contribution in [0.4, 0.5) is 5.69 Å². The Morgan fingerprint density at radius 3 is 2.64 bits per heavy atom. The highest BCUT2D eigenvalue weighted by molar-refractivity contribution is 7.89. The third-order valence-corrected chi connectivity index (χ3v) is 7.11. The van der Waals surface area contributed by atoms with Gasteiger partial charge in [-0.15, -0.1) is 11.3 Å². The third-order valence-electron chi connectivity index (χ3n) is 4.16. The molecular weight excluding hydrogens is 400 g/mol. The van der Waals surface area contributed by atoms with Crippen molar-refractivity contribution in [2.45, 2.75) is 18.7 Å². The summed E-state index contributed by atoms with van der Waals surface area (Å²) in [6, 6.07) is 9.17. The second-order valence-electron chi connectivity index (χ2n) is 5.87. The van der Waals surface area contributed by atoms with E-state index in [1.54, 1.807) is 19.9 Å². The van der Waals surface area contributed by atoms with E-state index < -0.39 is 15.9 Å². The fraction of sp³-hybridized carbons (Fsp3) is 0.222. The summed E-state index contributed by atoms with van der Waals surface area (Å²) in [5, 5.41) is 21.3. The van der Waals surface area contributed by atoms with E-state index in [-0.39, 0.29) is 22.0 Å². The Bertz CT molecular complexity index is 1070. The molecule has 0 saturated heterocycles. The Morgan fingerprint density at radius 1 is 1.25 bits per heavy atom. The molecule has 0 spiro atoms. The highest BCUT2D eigenvalue weighted by atomic mass is 32.2. The predicted molar refractivity (Wildman–Crippen MR) is 108 cm³/mol. The molecule has 28 heavy (non-hydrogen) atoms. The molecule has 3 N–H and O–H groups in total. The summed E-state index contributed by atoms with van der Waals surface area (Å²) in [6.07, 6.45) is 0. The van der Waals surface area contributed by atoms with Gasteiger partial charge in [0, 0.05) is 13.1 Å². The number of carbonyl (C=O) groups is 1. The van der Waals surface area contributed by atoms with Crippen LogP contribution >= 0.6 is 11.3 Å². The molecule has 1 aromatic carbocycles. The van der Waals surface area contributed by atoms with Crippen molar-refractivity contribution >= 4 is 33.0 Å². The van der Waals surface area contributed by atoms with Crippen LogP contribution in [0.1, 0.15) is 24.3 Å². The van der Waals surface area contributed by atoms with Crippen LogP contribution in [0.25, 0.3) is 10.6 Å². The first-order valence-corrected chi connectivity index (χ1v) is 10.9. The van der Waals surface area contributed by atoms with Crippen molar-refractivity contribution in [1.29, 1.82) is 0 Å². The molecule has 0 atom stereocenters. The molecule has 3 rings (SSSR count). The average molecular weight is 421 g/mol. The quantitative estimate of drug-likeness (QED) is 0.508. The van der Waals surface area contributed by atoms with E-state index in [9.17, 15) is 18.3 Å². The van der Waals surface area contributed by atoms with Crippen LogP contribution in [0, 0.1) is 0 Å². The lowest BCUT2D eigenvalue weighted by Gasteiger charge is -2.19. The minimum atomic E-state index is -3.72. The molecule has 0 bridgehead atoms. The molecule has 2 aromatic heterocycles. The minimum absolute atomic E-state index is 0.00101. The van der Waals surface area contributed by atoms with Crippen LogP contribution in [0.2, 0.25) is 0 Å². The molecule has 0 saturated carbocycles. The Kier molecular flexibility index (Phi) is 5.82. The van der Waals surface area contributed by atoms with Gasteiger partial charge in [0.1, 0.15) is 5.75 Å². The minimum Gasteiger partial charge on any atom is -0.506 e. The van der Waals surface area contributed by atoms with Crippen LogP contribution in [0.5, 0.6) is 5.75 Å². The number of hydrogen-bond acceptors (Lipinski definition) is 6. The number of nitrogens with zero attached hydrogens (tertiary/aromatic N) is 2. The van der Waals surface area contributed by atoms with Crippen LogP contribution in [0.15, 0.2) is 46.7 Å². The number of sulfonamides is 1. The van der Waals surface area contributed by atoms with E-state index in [1.165, 1.54) is 33.8 Å². The molecule has 0 aliphatic carbocycles. The second kappa shape index (κ2) is 8.13. The Balaban J connectivity index is 1.85. The summed E-state index contributed by atoms with van der Waals surface area (Å²) in [5.41, 5.74) is 0.820. The Hall–Kier alpha value is -2.69. The molecule has 3 aromatic rings. The SMILES string of the molecule is CCN(CC)S(=O)(=O)c1ccc(O)c(NC(=O)c2cc(-c3cccs3)[nH]n2)c1. The van der Waals surface area contributed by atoms with Crippen LogP contribution in [0.3, 0.4) is 0 Å². The lowest BCUT2D eigenvalue weighted by atomic mass is 10.2. The molecular formula is C18H20N4O4S2. The molecule has 0 unspecified atom stereocenters. The smallest absolute Gasteiger partial charge is 0.276 e. The monoisotopic (exact) mass is 420 g/mol. The van der Waals surface area contributed by atoms with Crippen molar-refractivity contribution in [3.8, 4) is 16.3 Å². The van der Waals surface area contributed by atoms with Gasteiger partial charge in [0.15, 0.2) is 5.69 Å². The highest BCUT2D eigenvalue weighted by Gasteiger charge is 2.23. The molecule has 10 heteroatoms. The van der Waals surface area contributed by atoms with E-state index in [1.807, 2.05) is 17.5 Å². The standard InChI is InChI=1S/C18H20N4O4S2/c1-3-22(4-2)28(25,26)12-7-8-16(23)13(10-12)19-18(24)15-11-14(20-21-15)17-6-5-9-27-17/h5-11,23H,3-4H2,1-2H3,(H,19,24)(H,20,21). The maximum Gasteiger partial charge on any atom is 0.276 e. The van der Waals surface area contributed by atoms with Gasteiger partial charge in [0.2, 0.25) is 10.0 Å². The summed E-state index contributed by atoms with van der Waals surface area (Å²) in [4.78, 5) is 13.4. The zero-order valence-corrected chi connectivity index (χ0v) is 17.0. The number of nitrogens with one attached hydrogen (secondary N) is 2. The van der Waals surface area contributed by atoms with Gasteiger partial charge < -0.3 is 10.4 Å². The van der Waals surface area contributed by atoms with Crippen LogP contribution in [-0.2, 0) is 10.0 Å². The van der Waals surface area contributed by atoms with E-state index in [2.05, 4.69) is 15.5 Å². The maximum atomic E-state index is 12.7. The number of H-pyrrole nitrogens is 1. The third kappa shape index (κ3) is 3.93. The molecule has 0 fully saturated rings. The van der Waals surface area contributed by atoms with Gasteiger partial charge in [0.05, 0.1) is 21.2 Å². The number of benzene rings is 1. The number of anilines is 1. The van der Waals surface area contributed by atoms with E-state index in [0.29, 0.717) is 18.8 Å². The number of aromatic nitrogens is 2. The summed E-state index contributed by atoms with van der Waals surface area (Å²) in [7, 11) is -3.72. The molecule has 0 aliphatic heterocycles. The first-order valence-electron chi connectivity index (χ1n) is 8.60. The van der Waals surface area contributed by atoms with Gasteiger partial charge in [-0.3, -0.25) is 9.89 Å². The number of amides is 1. The Morgan fingerprint density at radius 2 is 2.00 bits per heavy atom. The Labute approximate surface area is 166 Å². The van der Waals surface area contributed by atoms with Gasteiger partial charge in [-0.05, 0) is 35.7 Å². The highest BCUT2D eigenvalue weighted by Crippen LogP contribution is 2.29. The number of phenols is 1. The number of aromatic hydroxyl groups is 1. The molecule has 2 heterocycles. The number of rotatable bonds is 7. The number of aromatic amines is 1. The number of hydrogen-bond donors (Lipinski definition) is 3. The van der Waals surface area contributed by atoms with E-state index >= 15 is 0 Å². The zero-order chi connectivity index (χ0) is 20.3. The second-order valence-corrected chi connectivity index (χ2v) is 8.75. The molecule has 0 radical (unpaired) electrons. The lowest BCUT2D eigenvalue weighted by molar-refractivity contribution is 0.102. The van der Waals surface area contributed by atoms with Crippen molar-refractivity contribution in [3.63, 3.8) is 0 Å². The first-order chi connectivity index (χ1) is 13.4. The van der Waals surface area contributed by atoms with Crippen LogP contribution < -0.4 is 5.32 Å². The number of phenolic OH excluding ortho intramolecular Hbond substituents is 1. The van der Waals surface area contributed by atoms with Gasteiger partial charge in [-0.1, -0.05) is 19.9 Å². The fourth-order valence-corrected chi connectivity index (χ4v) is 4.85. The van der Waals surface area contributed by atoms with Crippen molar-refractivity contribution in [3.05, 3.63) is 47.5 Å².